The number of hydrogen-bond donors (Lipinski definition) is 1. The van der Waals surface area contributed by atoms with Gasteiger partial charge in [-0.05, 0) is 60.2 Å². The molecule has 2 aliphatic rings. The first kappa shape index (κ1) is 29.0. The van der Waals surface area contributed by atoms with Crippen molar-refractivity contribution < 1.29 is 37.0 Å². The fourth-order valence-electron chi connectivity index (χ4n) is 5.65. The van der Waals surface area contributed by atoms with Crippen molar-refractivity contribution in [2.75, 3.05) is 14.2 Å². The summed E-state index contributed by atoms with van der Waals surface area (Å²) in [6.07, 6.45) is -3.91. The summed E-state index contributed by atoms with van der Waals surface area (Å²) in [6, 6.07) is 19.3. The van der Waals surface area contributed by atoms with Gasteiger partial charge in [0, 0.05) is 29.3 Å². The number of allylic oxidation sites excluding steroid dienone is 3. The molecule has 1 aliphatic carbocycles. The van der Waals surface area contributed by atoms with E-state index in [1.54, 1.807) is 20.1 Å². The molecular weight excluding hydrogens is 547 g/mol. The lowest BCUT2D eigenvalue weighted by molar-refractivity contribution is -0.141. The Balaban J connectivity index is 1.52. The molecule has 0 fully saturated rings. The average Bonchev–Trinajstić information content (AvgIpc) is 2.98. The van der Waals surface area contributed by atoms with E-state index in [-0.39, 0.29) is 30.3 Å². The van der Waals surface area contributed by atoms with Crippen LogP contribution in [-0.2, 0) is 27.1 Å². The van der Waals surface area contributed by atoms with Crippen molar-refractivity contribution in [3.63, 3.8) is 0 Å². The van der Waals surface area contributed by atoms with Crippen LogP contribution in [0.1, 0.15) is 53.9 Å². The van der Waals surface area contributed by atoms with E-state index in [2.05, 4.69) is 5.32 Å². The Kier molecular flexibility index (Phi) is 8.11. The van der Waals surface area contributed by atoms with Crippen molar-refractivity contribution in [1.29, 1.82) is 0 Å². The molecule has 0 spiro atoms. The Bertz CT molecular complexity index is 1560. The molecular formula is C33H30F3NO5. The van der Waals surface area contributed by atoms with Crippen LogP contribution in [0.3, 0.4) is 0 Å². The van der Waals surface area contributed by atoms with Gasteiger partial charge in [0.15, 0.2) is 17.3 Å². The molecule has 1 aliphatic heterocycles. The molecule has 218 valence electrons. The number of halogens is 3. The molecule has 0 bridgehead atoms. The normalized spacial score (nSPS) is 18.8. The predicted molar refractivity (Wildman–Crippen MR) is 150 cm³/mol. The third kappa shape index (κ3) is 5.77. The first-order valence-corrected chi connectivity index (χ1v) is 13.4. The van der Waals surface area contributed by atoms with E-state index in [0.717, 1.165) is 23.3 Å². The number of ether oxygens (including phenoxy) is 3. The fraction of sp³-hybridized carbons (Fsp3) is 0.273. The van der Waals surface area contributed by atoms with Gasteiger partial charge in [-0.1, -0.05) is 48.5 Å². The predicted octanol–water partition coefficient (Wildman–Crippen LogP) is 6.83. The summed E-state index contributed by atoms with van der Waals surface area (Å²) < 4.78 is 56.5. The maximum absolute atomic E-state index is 13.8. The van der Waals surface area contributed by atoms with Crippen molar-refractivity contribution in [2.45, 2.75) is 44.4 Å². The smallest absolute Gasteiger partial charge is 0.416 e. The number of Topliss-reactive ketones (excluding diaryl/α,β-unsaturated/α-hetero) is 1. The minimum absolute atomic E-state index is 0.0113. The third-order valence-corrected chi connectivity index (χ3v) is 7.71. The van der Waals surface area contributed by atoms with Crippen LogP contribution in [0, 0.1) is 0 Å². The molecule has 1 heterocycles. The number of nitrogens with one attached hydrogen (secondary N) is 1. The Morgan fingerprint density at radius 1 is 0.905 bits per heavy atom. The summed E-state index contributed by atoms with van der Waals surface area (Å²) in [5.41, 5.74) is 2.94. The molecule has 3 aromatic rings. The van der Waals surface area contributed by atoms with Crippen molar-refractivity contribution >= 4 is 11.8 Å². The van der Waals surface area contributed by atoms with Gasteiger partial charge < -0.3 is 19.5 Å². The van der Waals surface area contributed by atoms with Crippen LogP contribution < -0.4 is 14.8 Å². The zero-order valence-corrected chi connectivity index (χ0v) is 23.4. The van der Waals surface area contributed by atoms with Crippen LogP contribution in [0.25, 0.3) is 0 Å². The summed E-state index contributed by atoms with van der Waals surface area (Å²) in [4.78, 5) is 27.4. The second kappa shape index (κ2) is 11.8. The summed E-state index contributed by atoms with van der Waals surface area (Å²) in [5, 5.41) is 3.27. The Labute approximate surface area is 241 Å². The molecule has 0 saturated carbocycles. The number of rotatable bonds is 7. The van der Waals surface area contributed by atoms with Gasteiger partial charge in [-0.3, -0.25) is 4.79 Å². The van der Waals surface area contributed by atoms with Crippen LogP contribution >= 0.6 is 0 Å². The number of methoxy groups -OCH3 is 2. The summed E-state index contributed by atoms with van der Waals surface area (Å²) in [5.74, 6) is -0.800. The van der Waals surface area contributed by atoms with Gasteiger partial charge in [0.1, 0.15) is 6.61 Å². The maximum atomic E-state index is 13.8. The molecule has 9 heteroatoms. The zero-order chi connectivity index (χ0) is 30.0. The largest absolute Gasteiger partial charge is 0.493 e. The van der Waals surface area contributed by atoms with Gasteiger partial charge in [0.2, 0.25) is 0 Å². The Morgan fingerprint density at radius 3 is 2.21 bits per heavy atom. The van der Waals surface area contributed by atoms with Crippen LogP contribution in [0.4, 0.5) is 13.2 Å². The van der Waals surface area contributed by atoms with Crippen LogP contribution in [0.5, 0.6) is 11.5 Å². The number of ketones is 1. The zero-order valence-electron chi connectivity index (χ0n) is 23.4. The third-order valence-electron chi connectivity index (χ3n) is 7.71. The molecule has 1 N–H and O–H groups in total. The lowest BCUT2D eigenvalue weighted by Crippen LogP contribution is -2.36. The summed E-state index contributed by atoms with van der Waals surface area (Å²) in [6.45, 7) is 1.72. The molecule has 6 nitrogen and oxygen atoms in total. The van der Waals surface area contributed by atoms with Crippen LogP contribution in [0.15, 0.2) is 95.3 Å². The SMILES string of the molecule is COc1ccc([C@@H]2CC(=O)C3=C(C2)NC(C)=C(C(=O)OCc2ccccc2)[C@@H]3c2ccc(C(F)(F)F)cc2)cc1OC. The van der Waals surface area contributed by atoms with Crippen molar-refractivity contribution in [1.82, 2.24) is 5.32 Å². The minimum Gasteiger partial charge on any atom is -0.493 e. The highest BCUT2D eigenvalue weighted by molar-refractivity contribution is 6.04. The molecule has 0 radical (unpaired) electrons. The number of benzene rings is 3. The van der Waals surface area contributed by atoms with E-state index in [4.69, 9.17) is 14.2 Å². The van der Waals surface area contributed by atoms with E-state index in [0.29, 0.717) is 40.5 Å². The lowest BCUT2D eigenvalue weighted by Gasteiger charge is -2.37. The second-order valence-electron chi connectivity index (χ2n) is 10.3. The van der Waals surface area contributed by atoms with Gasteiger partial charge in [-0.25, -0.2) is 4.79 Å². The summed E-state index contributed by atoms with van der Waals surface area (Å²) >= 11 is 0. The highest BCUT2D eigenvalue weighted by atomic mass is 19.4. The van der Waals surface area contributed by atoms with Crippen molar-refractivity contribution in [3.05, 3.63) is 118 Å². The van der Waals surface area contributed by atoms with Gasteiger partial charge in [0.05, 0.1) is 25.4 Å². The van der Waals surface area contributed by atoms with Crippen molar-refractivity contribution in [2.24, 2.45) is 0 Å². The summed E-state index contributed by atoms with van der Waals surface area (Å²) in [7, 11) is 3.09. The number of carbonyl (C=O) groups is 2. The number of esters is 1. The Hall–Kier alpha value is -4.53. The van der Waals surface area contributed by atoms with Crippen molar-refractivity contribution in [3.8, 4) is 11.5 Å². The monoisotopic (exact) mass is 577 g/mol. The van der Waals surface area contributed by atoms with Gasteiger partial charge >= 0.3 is 12.1 Å². The molecule has 3 aromatic carbocycles. The van der Waals surface area contributed by atoms with Crippen LogP contribution in [0.2, 0.25) is 0 Å². The first-order chi connectivity index (χ1) is 20.1. The highest BCUT2D eigenvalue weighted by Crippen LogP contribution is 2.47. The highest BCUT2D eigenvalue weighted by Gasteiger charge is 2.42. The fourth-order valence-corrected chi connectivity index (χ4v) is 5.65. The molecule has 0 saturated heterocycles. The number of carbonyl (C=O) groups excluding carboxylic acids is 2. The number of alkyl halides is 3. The van der Waals surface area contributed by atoms with E-state index in [1.807, 2.05) is 42.5 Å². The van der Waals surface area contributed by atoms with Gasteiger partial charge in [-0.2, -0.15) is 13.2 Å². The second-order valence-corrected chi connectivity index (χ2v) is 10.3. The standard InChI is InChI=1S/C33H30F3NO5/c1-19-29(32(39)42-18-20-7-5-4-6-8-20)30(21-9-12-24(13-10-21)33(34,35)36)31-25(37-19)15-23(16-26(31)38)22-11-14-27(40-2)28(17-22)41-3/h4-14,17,23,30,37H,15-16,18H2,1-3H3/t23-,30-/m0/s1. The van der Waals surface area contributed by atoms with Crippen LogP contribution in [-0.4, -0.2) is 26.0 Å². The quantitative estimate of drug-likeness (QED) is 0.311. The minimum atomic E-state index is -4.52. The van der Waals surface area contributed by atoms with E-state index < -0.39 is 23.6 Å². The maximum Gasteiger partial charge on any atom is 0.416 e. The van der Waals surface area contributed by atoms with Gasteiger partial charge in [0.25, 0.3) is 0 Å². The van der Waals surface area contributed by atoms with E-state index in [1.165, 1.54) is 19.2 Å². The first-order valence-electron chi connectivity index (χ1n) is 13.4. The van der Waals surface area contributed by atoms with E-state index >= 15 is 0 Å². The number of hydrogen-bond acceptors (Lipinski definition) is 6. The number of dihydropyridines is 1. The van der Waals surface area contributed by atoms with E-state index in [9.17, 15) is 22.8 Å². The lowest BCUT2D eigenvalue weighted by atomic mass is 9.71. The molecule has 0 aromatic heterocycles. The molecule has 5 rings (SSSR count). The molecule has 42 heavy (non-hydrogen) atoms. The molecule has 0 unspecified atom stereocenters. The Morgan fingerprint density at radius 2 is 1.57 bits per heavy atom. The van der Waals surface area contributed by atoms with Gasteiger partial charge in [-0.15, -0.1) is 0 Å². The molecule has 0 amide bonds. The topological polar surface area (TPSA) is 73.9 Å². The average molecular weight is 578 g/mol. The molecule has 2 atom stereocenters.